The molecule has 0 aliphatic heterocycles. The number of rotatable bonds is 6. The van der Waals surface area contributed by atoms with Crippen molar-refractivity contribution in [3.05, 3.63) is 263 Å². The van der Waals surface area contributed by atoms with E-state index < -0.39 is 5.41 Å². The molecule has 0 saturated carbocycles. The molecule has 67 heavy (non-hydrogen) atoms. The number of furan rings is 2. The maximum absolute atomic E-state index is 6.09. The highest BCUT2D eigenvalue weighted by Gasteiger charge is 2.51. The highest BCUT2D eigenvalue weighted by Crippen LogP contribution is 2.63. The highest BCUT2D eigenvalue weighted by atomic mass is 16.3. The van der Waals surface area contributed by atoms with Crippen LogP contribution in [0.15, 0.2) is 227 Å². The van der Waals surface area contributed by atoms with Gasteiger partial charge < -0.3 is 8.83 Å². The predicted molar refractivity (Wildman–Crippen MR) is 279 cm³/mol. The average molecular weight is 853 g/mol. The molecule has 2 aliphatic rings. The summed E-state index contributed by atoms with van der Waals surface area (Å²) < 4.78 is 12.2. The largest absolute Gasteiger partial charge is 0.456 e. The third-order valence-electron chi connectivity index (χ3n) is 14.3. The van der Waals surface area contributed by atoms with Crippen LogP contribution in [0.1, 0.15) is 44.5 Å². The maximum atomic E-state index is 6.09. The third kappa shape index (κ3) is 5.83. The van der Waals surface area contributed by atoms with Gasteiger partial charge in [0, 0.05) is 21.5 Å². The van der Waals surface area contributed by atoms with Crippen LogP contribution in [-0.2, 0) is 5.41 Å². The monoisotopic (exact) mass is 852 g/mol. The molecule has 2 aliphatic carbocycles. The first-order valence-electron chi connectivity index (χ1n) is 23.0. The van der Waals surface area contributed by atoms with Gasteiger partial charge >= 0.3 is 0 Å². The van der Waals surface area contributed by atoms with Crippen LogP contribution < -0.4 is 0 Å². The molecular formula is C65H40O2. The van der Waals surface area contributed by atoms with Crippen molar-refractivity contribution in [1.29, 1.82) is 0 Å². The van der Waals surface area contributed by atoms with Gasteiger partial charge in [0.2, 0.25) is 0 Å². The van der Waals surface area contributed by atoms with Crippen LogP contribution in [0.4, 0.5) is 0 Å². The fraction of sp³-hybridized carbons (Fsp3) is 0.0154. The zero-order valence-electron chi connectivity index (χ0n) is 36.4. The normalized spacial score (nSPS) is 13.4. The lowest BCUT2D eigenvalue weighted by Crippen LogP contribution is -2.26. The molecule has 12 aromatic rings. The molecule has 0 radical (unpaired) electrons. The minimum atomic E-state index is -0.447. The van der Waals surface area contributed by atoms with E-state index in [1.807, 2.05) is 24.3 Å². The summed E-state index contributed by atoms with van der Waals surface area (Å²) in [7, 11) is 0. The van der Waals surface area contributed by atoms with Gasteiger partial charge in [0.05, 0.1) is 5.41 Å². The molecule has 0 atom stereocenters. The minimum absolute atomic E-state index is 0.447. The Hall–Kier alpha value is -8.72. The van der Waals surface area contributed by atoms with Crippen LogP contribution in [0.5, 0.6) is 0 Å². The zero-order valence-corrected chi connectivity index (χ0v) is 36.4. The van der Waals surface area contributed by atoms with Gasteiger partial charge in [-0.25, -0.2) is 0 Å². The van der Waals surface area contributed by atoms with Crippen molar-refractivity contribution in [2.45, 2.75) is 5.41 Å². The van der Waals surface area contributed by atoms with Gasteiger partial charge in [-0.3, -0.25) is 0 Å². The van der Waals surface area contributed by atoms with Gasteiger partial charge in [-0.2, -0.15) is 0 Å². The summed E-state index contributed by atoms with van der Waals surface area (Å²) in [4.78, 5) is 0. The second kappa shape index (κ2) is 14.7. The van der Waals surface area contributed by atoms with Gasteiger partial charge in [-0.05, 0) is 138 Å². The number of hydrogen-bond acceptors (Lipinski definition) is 2. The van der Waals surface area contributed by atoms with E-state index in [9.17, 15) is 0 Å². The van der Waals surface area contributed by atoms with Crippen molar-refractivity contribution in [3.8, 4) is 44.5 Å². The average Bonchev–Trinajstić information content (AvgIpc) is 4.12. The SMILES string of the molecule is C(=C\c1ccc2c(c1)C1(c3ccccc3-c3ccccc31)c1cc(/C=C/c3ccc(-c4ccc5oc6ccccc6c5c4)cc3)ccc1-2)/c1ccc(-c2ccc3oc4ccccc4c3c2)cc1. The van der Waals surface area contributed by atoms with Crippen molar-refractivity contribution in [2.24, 2.45) is 0 Å². The number of benzene rings is 10. The topological polar surface area (TPSA) is 26.3 Å². The van der Waals surface area contributed by atoms with E-state index in [1.165, 1.54) is 77.9 Å². The molecule has 0 amide bonds. The molecule has 1 spiro atoms. The van der Waals surface area contributed by atoms with Crippen molar-refractivity contribution >= 4 is 68.2 Å². The van der Waals surface area contributed by atoms with E-state index in [2.05, 4.69) is 218 Å². The first kappa shape index (κ1) is 37.6. The van der Waals surface area contributed by atoms with Gasteiger partial charge in [0.25, 0.3) is 0 Å². The molecule has 2 aromatic heterocycles. The van der Waals surface area contributed by atoms with Crippen LogP contribution in [0.2, 0.25) is 0 Å². The zero-order chi connectivity index (χ0) is 44.1. The fourth-order valence-electron chi connectivity index (χ4n) is 11.2. The van der Waals surface area contributed by atoms with Gasteiger partial charge in [0.1, 0.15) is 22.3 Å². The molecule has 2 heterocycles. The van der Waals surface area contributed by atoms with Crippen LogP contribution in [0.3, 0.4) is 0 Å². The Morgan fingerprint density at radius 1 is 0.254 bits per heavy atom. The lowest BCUT2D eigenvalue weighted by atomic mass is 9.70. The van der Waals surface area contributed by atoms with Crippen LogP contribution in [0.25, 0.3) is 113 Å². The van der Waals surface area contributed by atoms with E-state index in [0.717, 1.165) is 55.0 Å². The Bertz CT molecular complexity index is 3760. The summed E-state index contributed by atoms with van der Waals surface area (Å²) in [5.74, 6) is 0. The van der Waals surface area contributed by atoms with E-state index in [0.29, 0.717) is 0 Å². The summed E-state index contributed by atoms with van der Waals surface area (Å²) in [5, 5.41) is 4.58. The van der Waals surface area contributed by atoms with Gasteiger partial charge in [0.15, 0.2) is 0 Å². The second-order valence-corrected chi connectivity index (χ2v) is 18.0. The van der Waals surface area contributed by atoms with Crippen LogP contribution in [-0.4, -0.2) is 0 Å². The number of fused-ring (bicyclic) bond motifs is 16. The Balaban J connectivity index is 0.796. The molecule has 10 aromatic carbocycles. The molecule has 0 unspecified atom stereocenters. The summed E-state index contributed by atoms with van der Waals surface area (Å²) >= 11 is 0. The molecular weight excluding hydrogens is 813 g/mol. The number of hydrogen-bond donors (Lipinski definition) is 0. The van der Waals surface area contributed by atoms with Crippen molar-refractivity contribution < 1.29 is 8.83 Å². The molecule has 2 nitrogen and oxygen atoms in total. The summed E-state index contributed by atoms with van der Waals surface area (Å²) in [5.41, 5.74) is 23.1. The van der Waals surface area contributed by atoms with Gasteiger partial charge in [-0.15, -0.1) is 0 Å². The molecule has 0 bridgehead atoms. The number of para-hydroxylation sites is 2. The predicted octanol–water partition coefficient (Wildman–Crippen LogP) is 17.5. The smallest absolute Gasteiger partial charge is 0.135 e. The standard InChI is InChI=1S/C65H40O2/c1-5-13-57-49(9-1)50-10-2-6-14-58(50)65(57)59-37-43(19-17-41-21-27-45(28-22-41)47-31-35-63-55(39-47)53-11-3-7-15-61(53)66-63)25-33-51(59)52-34-26-44(38-60(52)65)20-18-42-23-29-46(30-24-42)48-32-36-64-56(40-48)54-12-4-8-16-62(54)67-64/h1-40H/b19-17+,20-18+. The molecule has 2 heteroatoms. The molecule has 0 N–H and O–H groups in total. The first-order valence-corrected chi connectivity index (χ1v) is 23.0. The maximum Gasteiger partial charge on any atom is 0.135 e. The van der Waals surface area contributed by atoms with E-state index in [4.69, 9.17) is 8.83 Å². The molecule has 0 saturated heterocycles. The minimum Gasteiger partial charge on any atom is -0.456 e. The Labute approximate surface area is 388 Å². The second-order valence-electron chi connectivity index (χ2n) is 18.0. The third-order valence-corrected chi connectivity index (χ3v) is 14.3. The Morgan fingerprint density at radius 2 is 0.612 bits per heavy atom. The Morgan fingerprint density at radius 3 is 1.09 bits per heavy atom. The Kier molecular flexibility index (Phi) is 8.23. The first-order chi connectivity index (χ1) is 33.2. The van der Waals surface area contributed by atoms with Crippen LogP contribution >= 0.6 is 0 Å². The quantitative estimate of drug-likeness (QED) is 0.156. The summed E-state index contributed by atoms with van der Waals surface area (Å²) in [6, 6.07) is 79.3. The lowest BCUT2D eigenvalue weighted by Gasteiger charge is -2.30. The van der Waals surface area contributed by atoms with E-state index in [-0.39, 0.29) is 0 Å². The van der Waals surface area contributed by atoms with Crippen molar-refractivity contribution in [2.75, 3.05) is 0 Å². The van der Waals surface area contributed by atoms with Gasteiger partial charge in [-0.1, -0.05) is 194 Å². The molecule has 0 fully saturated rings. The van der Waals surface area contributed by atoms with Crippen molar-refractivity contribution in [1.82, 2.24) is 0 Å². The highest BCUT2D eigenvalue weighted by molar-refractivity contribution is 6.07. The molecule has 14 rings (SSSR count). The summed E-state index contributed by atoms with van der Waals surface area (Å²) in [6.45, 7) is 0. The van der Waals surface area contributed by atoms with E-state index in [1.54, 1.807) is 0 Å². The van der Waals surface area contributed by atoms with Crippen molar-refractivity contribution in [3.63, 3.8) is 0 Å². The molecule has 312 valence electrons. The van der Waals surface area contributed by atoms with E-state index >= 15 is 0 Å². The lowest BCUT2D eigenvalue weighted by molar-refractivity contribution is 0.668. The van der Waals surface area contributed by atoms with Crippen LogP contribution in [0, 0.1) is 0 Å². The summed E-state index contributed by atoms with van der Waals surface area (Å²) in [6.07, 6.45) is 9.00. The fourth-order valence-corrected chi connectivity index (χ4v) is 11.2.